The molecule has 160 valence electrons. The Morgan fingerprint density at radius 3 is 1.37 bits per heavy atom. The maximum Gasteiger partial charge on any atom is -0.0610 e. The minimum absolute atomic E-state index is 0.700. The molecule has 0 heterocycles. The van der Waals surface area contributed by atoms with E-state index in [4.69, 9.17) is 41.3 Å². The molecule has 0 N–H and O–H groups in total. The summed E-state index contributed by atoms with van der Waals surface area (Å²) in [6.07, 6.45) is 0. The maximum absolute atomic E-state index is 8.26. The van der Waals surface area contributed by atoms with Crippen molar-refractivity contribution in [3.8, 4) is 0 Å². The van der Waals surface area contributed by atoms with E-state index in [-0.39, 0.29) is 0 Å². The number of para-hydroxylation sites is 2. The summed E-state index contributed by atoms with van der Waals surface area (Å²) in [6.45, 7) is 1.79. The van der Waals surface area contributed by atoms with Crippen LogP contribution in [0, 0.1) is 0 Å². The summed E-state index contributed by atoms with van der Waals surface area (Å²) in [5, 5.41) is 0. The first-order chi connectivity index (χ1) is 14.5. The van der Waals surface area contributed by atoms with Gasteiger partial charge in [0.05, 0.1) is 0 Å². The fourth-order valence-electron chi connectivity index (χ4n) is 2.66. The zero-order valence-corrected chi connectivity index (χ0v) is 21.5. The molecule has 0 amide bonds. The predicted octanol–water partition coefficient (Wildman–Crippen LogP) is 4.68. The number of rotatable bonds is 6. The Morgan fingerprint density at radius 2 is 1.03 bits per heavy atom. The number of nitrogens with zero attached hydrogens (tertiary/aromatic N) is 2. The first-order valence-corrected chi connectivity index (χ1v) is 11.5. The quantitative estimate of drug-likeness (QED) is 0.334. The summed E-state index contributed by atoms with van der Waals surface area (Å²) in [7, 11) is 4.14. The van der Waals surface area contributed by atoms with Gasteiger partial charge in [0.1, 0.15) is 0 Å². The average Bonchev–Trinajstić information content (AvgIpc) is 2.80. The van der Waals surface area contributed by atoms with E-state index in [2.05, 4.69) is 36.0 Å². The number of hydrogen-bond acceptors (Lipinski definition) is 6. The van der Waals surface area contributed by atoms with Gasteiger partial charge in [0.2, 0.25) is 0 Å². The van der Waals surface area contributed by atoms with Crippen LogP contribution in [0.5, 0.6) is 0 Å². The molecule has 0 unspecified atom stereocenters. The fourth-order valence-corrected chi connectivity index (χ4v) is 3.46. The number of anilines is 2. The minimum Gasteiger partial charge on any atom is -0.788 e. The van der Waals surface area contributed by atoms with Crippen LogP contribution in [-0.2, 0) is 66.8 Å². The van der Waals surface area contributed by atoms with E-state index in [1.54, 1.807) is 0 Å². The van der Waals surface area contributed by atoms with Crippen LogP contribution in [0.3, 0.4) is 0 Å². The van der Waals surface area contributed by atoms with Gasteiger partial charge in [-0.1, -0.05) is 72.3 Å². The van der Waals surface area contributed by atoms with Crippen LogP contribution in [0.4, 0.5) is 11.4 Å². The van der Waals surface area contributed by atoms with Crippen LogP contribution in [0.25, 0.3) is 0 Å². The molecule has 0 bridgehead atoms. The Morgan fingerprint density at radius 1 is 0.667 bits per heavy atom. The average molecular weight is 538 g/mol. The topological polar surface area (TPSA) is 23.6 Å². The van der Waals surface area contributed by atoms with E-state index in [9.17, 15) is 0 Å². The van der Waals surface area contributed by atoms with Crippen molar-refractivity contribution in [1.29, 1.82) is 0 Å². The van der Waals surface area contributed by atoms with Crippen molar-refractivity contribution >= 4 is 49.3 Å². The number of likely N-dealkylation sites (N-methyl/N-ethyl adjacent to an activating group) is 2. The normalized spacial score (nSPS) is 9.43. The SMILES string of the molecule is CN(CCN(C)c1ccccc1[S-])c1ccccc1[S-].[O]=[Mo].[S-]Cc1ccccc1. The Balaban J connectivity index is 0.000000375. The zero-order chi connectivity index (χ0) is 22.4. The third kappa shape index (κ3) is 9.13. The van der Waals surface area contributed by atoms with Crippen LogP contribution >= 0.6 is 0 Å². The molecule has 3 aromatic rings. The van der Waals surface area contributed by atoms with E-state index in [0.717, 1.165) is 40.0 Å². The van der Waals surface area contributed by atoms with Crippen LogP contribution in [0.2, 0.25) is 0 Å². The predicted molar refractivity (Wildman–Crippen MR) is 129 cm³/mol. The monoisotopic (exact) mass is 539 g/mol. The summed E-state index contributed by atoms with van der Waals surface area (Å²) < 4.78 is 8.26. The molecule has 30 heavy (non-hydrogen) atoms. The van der Waals surface area contributed by atoms with Gasteiger partial charge in [-0.15, -0.1) is 0 Å². The molecule has 0 saturated carbocycles. The first kappa shape index (κ1) is 26.6. The molecule has 7 heteroatoms. The number of hydrogen-bond donors (Lipinski definition) is 0. The molecular formula is C23H25MoN2OS3-3. The largest absolute Gasteiger partial charge is 0.788 e. The van der Waals surface area contributed by atoms with E-state index in [1.165, 1.54) is 5.56 Å². The molecule has 0 aliphatic heterocycles. The van der Waals surface area contributed by atoms with Gasteiger partial charge in [-0.05, 0) is 12.1 Å². The minimum atomic E-state index is 0.700. The summed E-state index contributed by atoms with van der Waals surface area (Å²) in [6, 6.07) is 26.1. The molecular weight excluding hydrogens is 512 g/mol. The molecule has 3 aromatic carbocycles. The Labute approximate surface area is 208 Å². The zero-order valence-electron chi connectivity index (χ0n) is 17.1. The molecule has 0 aromatic heterocycles. The summed E-state index contributed by atoms with van der Waals surface area (Å²) in [5.74, 6) is 0.723. The summed E-state index contributed by atoms with van der Waals surface area (Å²) >= 11 is 16.2. The Bertz CT molecular complexity index is 816. The Hall–Kier alpha value is -1.46. The third-order valence-electron chi connectivity index (χ3n) is 4.33. The second-order valence-corrected chi connectivity index (χ2v) is 7.58. The van der Waals surface area contributed by atoms with Crippen LogP contribution < -0.4 is 9.80 Å². The molecule has 0 radical (unpaired) electrons. The van der Waals surface area contributed by atoms with Gasteiger partial charge in [-0.25, -0.2) is 0 Å². The number of benzene rings is 3. The molecule has 0 fully saturated rings. The van der Waals surface area contributed by atoms with Gasteiger partial charge in [0.25, 0.3) is 0 Å². The van der Waals surface area contributed by atoms with E-state index in [1.807, 2.05) is 66.7 Å². The first-order valence-electron chi connectivity index (χ1n) is 9.26. The van der Waals surface area contributed by atoms with Crippen LogP contribution in [0.1, 0.15) is 5.56 Å². The molecule has 0 atom stereocenters. The summed E-state index contributed by atoms with van der Waals surface area (Å²) in [4.78, 5) is 6.15. The van der Waals surface area contributed by atoms with Crippen molar-refractivity contribution in [2.75, 3.05) is 37.0 Å². The van der Waals surface area contributed by atoms with Gasteiger partial charge in [0.15, 0.2) is 0 Å². The second-order valence-electron chi connectivity index (χ2n) is 6.41. The van der Waals surface area contributed by atoms with Crippen molar-refractivity contribution in [3.05, 3.63) is 84.4 Å². The van der Waals surface area contributed by atoms with Gasteiger partial charge in [0, 0.05) is 38.6 Å². The molecule has 3 nitrogen and oxygen atoms in total. The van der Waals surface area contributed by atoms with Crippen molar-refractivity contribution in [2.45, 2.75) is 15.5 Å². The second kappa shape index (κ2) is 15.4. The molecule has 0 aliphatic carbocycles. The van der Waals surface area contributed by atoms with E-state index >= 15 is 0 Å². The van der Waals surface area contributed by atoms with Gasteiger partial charge >= 0.3 is 23.2 Å². The Kier molecular flexibility index (Phi) is 13.6. The van der Waals surface area contributed by atoms with E-state index < -0.39 is 0 Å². The third-order valence-corrected chi connectivity index (χ3v) is 5.36. The van der Waals surface area contributed by atoms with Gasteiger partial charge < -0.3 is 47.7 Å². The fraction of sp³-hybridized carbons (Fsp3) is 0.217. The van der Waals surface area contributed by atoms with E-state index in [0.29, 0.717) is 19.8 Å². The van der Waals surface area contributed by atoms with Gasteiger partial charge in [-0.3, -0.25) is 0 Å². The summed E-state index contributed by atoms with van der Waals surface area (Å²) in [5.41, 5.74) is 3.42. The van der Waals surface area contributed by atoms with Crippen molar-refractivity contribution in [3.63, 3.8) is 0 Å². The van der Waals surface area contributed by atoms with Gasteiger partial charge in [-0.2, -0.15) is 15.5 Å². The molecule has 0 aliphatic rings. The standard InChI is InChI=1S/C16H20N2S2.C7H8S.Mo.O/c1-17(13-7-3-5-9-15(13)19)11-12-18(2)14-8-4-6-10-16(14)20;8-6-7-4-2-1-3-5-7;;/h3-10,19-20H,11-12H2,1-2H3;1-5,8H,6H2;;/p-3. The van der Waals surface area contributed by atoms with Crippen molar-refractivity contribution in [2.24, 2.45) is 0 Å². The maximum atomic E-state index is 8.26. The molecule has 0 spiro atoms. The van der Waals surface area contributed by atoms with Crippen molar-refractivity contribution < 1.29 is 23.2 Å². The molecule has 0 saturated heterocycles. The van der Waals surface area contributed by atoms with Crippen LogP contribution in [-0.4, -0.2) is 27.2 Å². The van der Waals surface area contributed by atoms with Crippen LogP contribution in [0.15, 0.2) is 88.7 Å². The molecule has 3 rings (SSSR count). The smallest absolute Gasteiger partial charge is 0.0610 e. The van der Waals surface area contributed by atoms with Crippen molar-refractivity contribution in [1.82, 2.24) is 0 Å².